The molecule has 0 fully saturated rings. The summed E-state index contributed by atoms with van der Waals surface area (Å²) in [5.74, 6) is 0. The molecule has 1 atom stereocenters. The van der Waals surface area contributed by atoms with Crippen LogP contribution in [0.3, 0.4) is 0 Å². The zero-order valence-electron chi connectivity index (χ0n) is 13.2. The van der Waals surface area contributed by atoms with Crippen molar-refractivity contribution in [1.29, 1.82) is 0 Å². The average molecular weight is 315 g/mol. The van der Waals surface area contributed by atoms with Gasteiger partial charge in [-0.25, -0.2) is 8.42 Å². The number of aryl methyl sites for hydroxylation is 1. The number of methoxy groups -OCH3 is 1. The molecule has 0 amide bonds. The van der Waals surface area contributed by atoms with Gasteiger partial charge in [-0.2, -0.15) is 4.31 Å². The molecule has 0 saturated heterocycles. The molecule has 21 heavy (non-hydrogen) atoms. The maximum atomic E-state index is 12.9. The van der Waals surface area contributed by atoms with Crippen molar-refractivity contribution in [3.63, 3.8) is 0 Å². The van der Waals surface area contributed by atoms with E-state index in [2.05, 4.69) is 0 Å². The Bertz CT molecular complexity index is 557. The van der Waals surface area contributed by atoms with Gasteiger partial charge in [0.15, 0.2) is 0 Å². The molecule has 0 heterocycles. The fraction of sp³-hybridized carbons (Fsp3) is 0.600. The topological polar surface area (TPSA) is 66.8 Å². The Morgan fingerprint density at radius 3 is 2.57 bits per heavy atom. The second-order valence-electron chi connectivity index (χ2n) is 5.12. The number of aliphatic hydroxyl groups is 1. The summed E-state index contributed by atoms with van der Waals surface area (Å²) in [7, 11) is -2.05. The van der Waals surface area contributed by atoms with Crippen molar-refractivity contribution in [3.05, 3.63) is 29.3 Å². The number of ether oxygens (including phenoxy) is 1. The Morgan fingerprint density at radius 1 is 1.38 bits per heavy atom. The average Bonchev–Trinajstić information content (AvgIpc) is 2.47. The Balaban J connectivity index is 3.27. The van der Waals surface area contributed by atoms with Gasteiger partial charge < -0.3 is 9.84 Å². The van der Waals surface area contributed by atoms with Crippen LogP contribution in [0.25, 0.3) is 0 Å². The summed E-state index contributed by atoms with van der Waals surface area (Å²) in [6.45, 7) is 6.09. The lowest BCUT2D eigenvalue weighted by molar-refractivity contribution is 0.167. The third-order valence-electron chi connectivity index (χ3n) is 3.62. The molecule has 0 saturated carbocycles. The standard InChI is InChI=1S/C15H25NO4S/c1-5-13(3)16(8-9-20-4)21(18,19)15-10-14(11-17)7-6-12(15)2/h6-7,10,13,17H,5,8-9,11H2,1-4H3. The number of rotatable bonds is 8. The SMILES string of the molecule is CCC(C)N(CCOC)S(=O)(=O)c1cc(CO)ccc1C. The number of sulfonamides is 1. The Kier molecular flexibility index (Phi) is 6.80. The Hall–Kier alpha value is -0.950. The molecule has 1 unspecified atom stereocenters. The maximum absolute atomic E-state index is 12.9. The lowest BCUT2D eigenvalue weighted by Crippen LogP contribution is -2.40. The van der Waals surface area contributed by atoms with Gasteiger partial charge in [-0.15, -0.1) is 0 Å². The van der Waals surface area contributed by atoms with Crippen molar-refractivity contribution < 1.29 is 18.3 Å². The van der Waals surface area contributed by atoms with E-state index in [-0.39, 0.29) is 17.5 Å². The van der Waals surface area contributed by atoms with Gasteiger partial charge in [0.25, 0.3) is 0 Å². The first-order chi connectivity index (χ1) is 9.88. The molecule has 5 nitrogen and oxygen atoms in total. The van der Waals surface area contributed by atoms with Crippen LogP contribution in [0.4, 0.5) is 0 Å². The first-order valence-corrected chi connectivity index (χ1v) is 8.53. The summed E-state index contributed by atoms with van der Waals surface area (Å²) in [6, 6.07) is 4.90. The van der Waals surface area contributed by atoms with Crippen molar-refractivity contribution in [1.82, 2.24) is 4.31 Å². The number of hydrogen-bond acceptors (Lipinski definition) is 4. The molecule has 0 bridgehead atoms. The highest BCUT2D eigenvalue weighted by molar-refractivity contribution is 7.89. The van der Waals surface area contributed by atoms with Crippen LogP contribution in [0.1, 0.15) is 31.4 Å². The van der Waals surface area contributed by atoms with Crippen molar-refractivity contribution in [3.8, 4) is 0 Å². The molecule has 120 valence electrons. The molecule has 0 aliphatic heterocycles. The van der Waals surface area contributed by atoms with Crippen LogP contribution in [-0.2, 0) is 21.4 Å². The second-order valence-corrected chi connectivity index (χ2v) is 6.98. The summed E-state index contributed by atoms with van der Waals surface area (Å²) in [5.41, 5.74) is 1.27. The molecule has 1 aromatic carbocycles. The molecule has 0 aliphatic rings. The zero-order chi connectivity index (χ0) is 16.0. The van der Waals surface area contributed by atoms with Gasteiger partial charge in [0.05, 0.1) is 18.1 Å². The van der Waals surface area contributed by atoms with E-state index in [9.17, 15) is 13.5 Å². The minimum Gasteiger partial charge on any atom is -0.392 e. The summed E-state index contributed by atoms with van der Waals surface area (Å²) in [6.07, 6.45) is 0.724. The van der Waals surface area contributed by atoms with Crippen molar-refractivity contribution in [2.75, 3.05) is 20.3 Å². The summed E-state index contributed by atoms with van der Waals surface area (Å²) < 4.78 is 32.3. The molecule has 1 aromatic rings. The van der Waals surface area contributed by atoms with Gasteiger partial charge in [-0.1, -0.05) is 19.1 Å². The molecule has 0 aromatic heterocycles. The van der Waals surface area contributed by atoms with Crippen molar-refractivity contribution in [2.45, 2.75) is 44.7 Å². The molecular formula is C15H25NO4S. The van der Waals surface area contributed by atoms with Crippen LogP contribution in [0.5, 0.6) is 0 Å². The molecule has 0 radical (unpaired) electrons. The number of nitrogens with zero attached hydrogens (tertiary/aromatic N) is 1. The van der Waals surface area contributed by atoms with E-state index in [0.717, 1.165) is 6.42 Å². The second kappa shape index (κ2) is 7.89. The molecule has 1 rings (SSSR count). The van der Waals surface area contributed by atoms with E-state index in [0.29, 0.717) is 24.3 Å². The van der Waals surface area contributed by atoms with Crippen molar-refractivity contribution >= 4 is 10.0 Å². The van der Waals surface area contributed by atoms with Gasteiger partial charge >= 0.3 is 0 Å². The number of hydrogen-bond donors (Lipinski definition) is 1. The number of aliphatic hydroxyl groups excluding tert-OH is 1. The molecule has 0 spiro atoms. The highest BCUT2D eigenvalue weighted by atomic mass is 32.2. The molecule has 6 heteroatoms. The monoisotopic (exact) mass is 315 g/mol. The van der Waals surface area contributed by atoms with E-state index in [1.807, 2.05) is 13.8 Å². The highest BCUT2D eigenvalue weighted by Crippen LogP contribution is 2.24. The predicted molar refractivity (Wildman–Crippen MR) is 82.6 cm³/mol. The summed E-state index contributed by atoms with van der Waals surface area (Å²) in [4.78, 5) is 0.255. The van der Waals surface area contributed by atoms with E-state index in [1.54, 1.807) is 32.2 Å². The lowest BCUT2D eigenvalue weighted by Gasteiger charge is -2.28. The van der Waals surface area contributed by atoms with Gasteiger partial charge in [0, 0.05) is 19.7 Å². The third kappa shape index (κ3) is 4.26. The quantitative estimate of drug-likeness (QED) is 0.796. The molecule has 0 aliphatic carbocycles. The van der Waals surface area contributed by atoms with E-state index in [1.165, 1.54) is 4.31 Å². The lowest BCUT2D eigenvalue weighted by atomic mass is 10.2. The Labute approximate surface area is 127 Å². The molecule has 1 N–H and O–H groups in total. The van der Waals surface area contributed by atoms with Crippen molar-refractivity contribution in [2.24, 2.45) is 0 Å². The van der Waals surface area contributed by atoms with Gasteiger partial charge in [-0.05, 0) is 37.5 Å². The maximum Gasteiger partial charge on any atom is 0.243 e. The number of benzene rings is 1. The minimum absolute atomic E-state index is 0.109. The van der Waals surface area contributed by atoms with Crippen LogP contribution in [-0.4, -0.2) is 44.1 Å². The molecular weight excluding hydrogens is 290 g/mol. The predicted octanol–water partition coefficient (Wildman–Crippen LogP) is 1.92. The van der Waals surface area contributed by atoms with Crippen LogP contribution >= 0.6 is 0 Å². The highest BCUT2D eigenvalue weighted by Gasteiger charge is 2.29. The fourth-order valence-electron chi connectivity index (χ4n) is 2.11. The van der Waals surface area contributed by atoms with Gasteiger partial charge in [0.1, 0.15) is 0 Å². The van der Waals surface area contributed by atoms with Crippen LogP contribution in [0.15, 0.2) is 23.1 Å². The van der Waals surface area contributed by atoms with E-state index < -0.39 is 10.0 Å². The van der Waals surface area contributed by atoms with Crippen LogP contribution in [0.2, 0.25) is 0 Å². The Morgan fingerprint density at radius 2 is 2.05 bits per heavy atom. The first kappa shape index (κ1) is 18.1. The fourth-order valence-corrected chi connectivity index (χ4v) is 4.08. The third-order valence-corrected chi connectivity index (χ3v) is 5.78. The first-order valence-electron chi connectivity index (χ1n) is 7.09. The summed E-state index contributed by atoms with van der Waals surface area (Å²) in [5, 5.41) is 9.23. The summed E-state index contributed by atoms with van der Waals surface area (Å²) >= 11 is 0. The van der Waals surface area contributed by atoms with Gasteiger partial charge in [0.2, 0.25) is 10.0 Å². The van der Waals surface area contributed by atoms with E-state index in [4.69, 9.17) is 4.74 Å². The minimum atomic E-state index is -3.61. The smallest absolute Gasteiger partial charge is 0.243 e. The van der Waals surface area contributed by atoms with Gasteiger partial charge in [-0.3, -0.25) is 0 Å². The normalized spacial score (nSPS) is 13.6. The van der Waals surface area contributed by atoms with Crippen LogP contribution in [0, 0.1) is 6.92 Å². The zero-order valence-corrected chi connectivity index (χ0v) is 14.0. The largest absolute Gasteiger partial charge is 0.392 e. The van der Waals surface area contributed by atoms with E-state index >= 15 is 0 Å². The van der Waals surface area contributed by atoms with Crippen LogP contribution < -0.4 is 0 Å².